The van der Waals surface area contributed by atoms with E-state index in [1.54, 1.807) is 29.5 Å². The molecule has 1 aromatic carbocycles. The van der Waals surface area contributed by atoms with Crippen LogP contribution in [0.15, 0.2) is 35.7 Å². The van der Waals surface area contributed by atoms with Crippen LogP contribution in [-0.4, -0.2) is 16.7 Å². The zero-order chi connectivity index (χ0) is 15.1. The molecule has 1 aliphatic rings. The van der Waals surface area contributed by atoms with Gasteiger partial charge >= 0.3 is 0 Å². The Morgan fingerprint density at radius 2 is 1.81 bits per heavy atom. The van der Waals surface area contributed by atoms with E-state index in [1.165, 1.54) is 4.90 Å². The number of amides is 2. The molecule has 0 bridgehead atoms. The first-order chi connectivity index (χ1) is 10.0. The van der Waals surface area contributed by atoms with E-state index in [9.17, 15) is 9.59 Å². The van der Waals surface area contributed by atoms with Gasteiger partial charge in [-0.3, -0.25) is 14.5 Å². The van der Waals surface area contributed by atoms with Crippen molar-refractivity contribution in [3.8, 4) is 0 Å². The van der Waals surface area contributed by atoms with E-state index in [1.807, 2.05) is 31.4 Å². The smallest absolute Gasteiger partial charge is 0.262 e. The lowest BCUT2D eigenvalue weighted by Crippen LogP contribution is -2.36. The fourth-order valence-corrected chi connectivity index (χ4v) is 3.73. The molecule has 2 N–H and O–H groups in total. The van der Waals surface area contributed by atoms with Gasteiger partial charge in [0, 0.05) is 10.6 Å². The number of anilines is 1. The predicted molar refractivity (Wildman–Crippen MR) is 83.3 cm³/mol. The highest BCUT2D eigenvalue weighted by Crippen LogP contribution is 2.37. The molecule has 0 saturated heterocycles. The van der Waals surface area contributed by atoms with Gasteiger partial charge in [0.2, 0.25) is 0 Å². The first-order valence-corrected chi connectivity index (χ1v) is 7.69. The molecule has 4 nitrogen and oxygen atoms in total. The van der Waals surface area contributed by atoms with E-state index >= 15 is 0 Å². The average Bonchev–Trinajstić information content (AvgIpc) is 3.02. The van der Waals surface area contributed by atoms with Crippen molar-refractivity contribution < 1.29 is 9.59 Å². The highest BCUT2D eigenvalue weighted by Gasteiger charge is 2.41. The SMILES string of the molecule is CC(C)C(c1cccs1)N1C(=O)c2ccc(N)cc2C1=O. The van der Waals surface area contributed by atoms with Crippen molar-refractivity contribution in [2.75, 3.05) is 5.73 Å². The third-order valence-electron chi connectivity index (χ3n) is 3.69. The lowest BCUT2D eigenvalue weighted by Gasteiger charge is -2.28. The number of hydrogen-bond donors (Lipinski definition) is 1. The van der Waals surface area contributed by atoms with Crippen molar-refractivity contribution in [2.24, 2.45) is 5.92 Å². The molecule has 1 aliphatic heterocycles. The summed E-state index contributed by atoms with van der Waals surface area (Å²) in [6.45, 7) is 4.03. The van der Waals surface area contributed by atoms with Crippen LogP contribution in [0.25, 0.3) is 0 Å². The number of nitrogens with two attached hydrogens (primary N) is 1. The highest BCUT2D eigenvalue weighted by atomic mass is 32.1. The van der Waals surface area contributed by atoms with Gasteiger partial charge in [0.25, 0.3) is 11.8 Å². The van der Waals surface area contributed by atoms with E-state index in [0.717, 1.165) is 4.88 Å². The second-order valence-electron chi connectivity index (χ2n) is 5.49. The Labute approximate surface area is 127 Å². The summed E-state index contributed by atoms with van der Waals surface area (Å²) in [5.74, 6) is -0.347. The van der Waals surface area contributed by atoms with Crippen molar-refractivity contribution in [3.05, 3.63) is 51.7 Å². The van der Waals surface area contributed by atoms with Gasteiger partial charge in [-0.1, -0.05) is 19.9 Å². The molecule has 5 heteroatoms. The van der Waals surface area contributed by atoms with Crippen molar-refractivity contribution in [3.63, 3.8) is 0 Å². The Balaban J connectivity index is 2.08. The Morgan fingerprint density at radius 1 is 1.10 bits per heavy atom. The maximum absolute atomic E-state index is 12.7. The number of nitrogens with zero attached hydrogens (tertiary/aromatic N) is 1. The van der Waals surface area contributed by atoms with Crippen LogP contribution in [0.4, 0.5) is 5.69 Å². The molecule has 0 spiro atoms. The molecule has 0 aliphatic carbocycles. The molecule has 3 rings (SSSR count). The molecule has 0 radical (unpaired) electrons. The van der Waals surface area contributed by atoms with E-state index in [0.29, 0.717) is 16.8 Å². The molecule has 1 atom stereocenters. The van der Waals surface area contributed by atoms with Crippen molar-refractivity contribution in [1.82, 2.24) is 4.90 Å². The zero-order valence-electron chi connectivity index (χ0n) is 11.9. The minimum absolute atomic E-state index is 0.142. The number of fused-ring (bicyclic) bond motifs is 1. The quantitative estimate of drug-likeness (QED) is 0.698. The van der Waals surface area contributed by atoms with E-state index < -0.39 is 0 Å². The van der Waals surface area contributed by atoms with Gasteiger partial charge in [-0.2, -0.15) is 0 Å². The standard InChI is InChI=1S/C16H16N2O2S/c1-9(2)14(13-4-3-7-21-13)18-15(19)11-6-5-10(17)8-12(11)16(18)20/h3-9,14H,17H2,1-2H3. The fraction of sp³-hybridized carbons (Fsp3) is 0.250. The summed E-state index contributed by atoms with van der Waals surface area (Å²) in [4.78, 5) is 27.7. The monoisotopic (exact) mass is 300 g/mol. The molecule has 0 fully saturated rings. The van der Waals surface area contributed by atoms with Crippen LogP contribution < -0.4 is 5.73 Å². The van der Waals surface area contributed by atoms with Gasteiger partial charge in [-0.25, -0.2) is 0 Å². The largest absolute Gasteiger partial charge is 0.399 e. The predicted octanol–water partition coefficient (Wildman–Crippen LogP) is 3.32. The Kier molecular flexibility index (Phi) is 3.29. The number of rotatable bonds is 3. The molecular formula is C16H16N2O2S. The summed E-state index contributed by atoms with van der Waals surface area (Å²) in [5.41, 5.74) is 7.07. The minimum Gasteiger partial charge on any atom is -0.399 e. The summed E-state index contributed by atoms with van der Waals surface area (Å²) in [7, 11) is 0. The number of hydrogen-bond acceptors (Lipinski definition) is 4. The Hall–Kier alpha value is -2.14. The van der Waals surface area contributed by atoms with Crippen LogP contribution in [0.2, 0.25) is 0 Å². The van der Waals surface area contributed by atoms with Gasteiger partial charge in [0.15, 0.2) is 0 Å². The second kappa shape index (κ2) is 5.00. The maximum Gasteiger partial charge on any atom is 0.262 e. The summed E-state index contributed by atoms with van der Waals surface area (Å²) < 4.78 is 0. The van der Waals surface area contributed by atoms with Crippen molar-refractivity contribution in [1.29, 1.82) is 0 Å². The molecule has 0 saturated carbocycles. The van der Waals surface area contributed by atoms with Crippen LogP contribution in [-0.2, 0) is 0 Å². The second-order valence-corrected chi connectivity index (χ2v) is 6.47. The first-order valence-electron chi connectivity index (χ1n) is 6.81. The van der Waals surface area contributed by atoms with Crippen molar-refractivity contribution >= 4 is 28.8 Å². The van der Waals surface area contributed by atoms with E-state index in [-0.39, 0.29) is 23.8 Å². The van der Waals surface area contributed by atoms with Gasteiger partial charge in [0.1, 0.15) is 0 Å². The van der Waals surface area contributed by atoms with E-state index in [2.05, 4.69) is 0 Å². The lowest BCUT2D eigenvalue weighted by molar-refractivity contribution is 0.0542. The van der Waals surface area contributed by atoms with Crippen LogP contribution >= 0.6 is 11.3 Å². The number of carbonyl (C=O) groups is 2. The molecule has 108 valence electrons. The molecule has 2 amide bonds. The minimum atomic E-state index is -0.255. The zero-order valence-corrected chi connectivity index (χ0v) is 12.7. The number of imide groups is 1. The van der Waals surface area contributed by atoms with Gasteiger partial charge in [0.05, 0.1) is 17.2 Å². The lowest BCUT2D eigenvalue weighted by atomic mass is 10.0. The summed E-state index contributed by atoms with van der Waals surface area (Å²) in [6, 6.07) is 8.54. The topological polar surface area (TPSA) is 63.4 Å². The van der Waals surface area contributed by atoms with Gasteiger partial charge in [-0.15, -0.1) is 11.3 Å². The Bertz CT molecular complexity index is 707. The summed E-state index contributed by atoms with van der Waals surface area (Å²) >= 11 is 1.56. The van der Waals surface area contributed by atoms with Crippen LogP contribution in [0.3, 0.4) is 0 Å². The fourth-order valence-electron chi connectivity index (χ4n) is 2.74. The molecule has 1 unspecified atom stereocenters. The highest BCUT2D eigenvalue weighted by molar-refractivity contribution is 7.10. The third-order valence-corrected chi connectivity index (χ3v) is 4.63. The Morgan fingerprint density at radius 3 is 2.43 bits per heavy atom. The third kappa shape index (κ3) is 2.14. The molecule has 2 aromatic rings. The molecule has 21 heavy (non-hydrogen) atoms. The maximum atomic E-state index is 12.7. The van der Waals surface area contributed by atoms with Gasteiger partial charge < -0.3 is 5.73 Å². The number of carbonyl (C=O) groups excluding carboxylic acids is 2. The number of benzene rings is 1. The number of thiophene rings is 1. The average molecular weight is 300 g/mol. The first kappa shape index (κ1) is 13.8. The van der Waals surface area contributed by atoms with Crippen LogP contribution in [0.5, 0.6) is 0 Å². The summed E-state index contributed by atoms with van der Waals surface area (Å²) in [6.07, 6.45) is 0. The van der Waals surface area contributed by atoms with Crippen LogP contribution in [0.1, 0.15) is 45.5 Å². The van der Waals surface area contributed by atoms with E-state index in [4.69, 9.17) is 5.73 Å². The molecule has 2 heterocycles. The van der Waals surface area contributed by atoms with Crippen molar-refractivity contribution in [2.45, 2.75) is 19.9 Å². The normalized spacial score (nSPS) is 15.7. The molecular weight excluding hydrogens is 284 g/mol. The number of nitrogen functional groups attached to an aromatic ring is 1. The van der Waals surface area contributed by atoms with Crippen LogP contribution in [0, 0.1) is 5.92 Å². The summed E-state index contributed by atoms with van der Waals surface area (Å²) in [5, 5.41) is 1.96. The molecule has 1 aromatic heterocycles. The van der Waals surface area contributed by atoms with Gasteiger partial charge in [-0.05, 0) is 35.6 Å².